The highest BCUT2D eigenvalue weighted by Crippen LogP contribution is 2.22. The van der Waals surface area contributed by atoms with Gasteiger partial charge in [0.1, 0.15) is 0 Å². The molecule has 110 valence electrons. The molecule has 1 amide bonds. The van der Waals surface area contributed by atoms with Crippen LogP contribution in [0.1, 0.15) is 19.4 Å². The number of hydrogen-bond acceptors (Lipinski definition) is 3. The highest BCUT2D eigenvalue weighted by Gasteiger charge is 2.24. The second-order valence-corrected chi connectivity index (χ2v) is 6.01. The zero-order chi connectivity index (χ0) is 14.6. The summed E-state index contributed by atoms with van der Waals surface area (Å²) in [4.78, 5) is 14.3. The molecular formula is C15H21ClN2O2. The topological polar surface area (TPSA) is 41.6 Å². The van der Waals surface area contributed by atoms with Gasteiger partial charge in [0.25, 0.3) is 0 Å². The van der Waals surface area contributed by atoms with Crippen LogP contribution in [0.3, 0.4) is 0 Å². The van der Waals surface area contributed by atoms with Gasteiger partial charge in [-0.15, -0.1) is 0 Å². The molecule has 0 bridgehead atoms. The number of nitrogens with one attached hydrogen (secondary N) is 1. The van der Waals surface area contributed by atoms with Gasteiger partial charge in [0.05, 0.1) is 25.3 Å². The van der Waals surface area contributed by atoms with Crippen molar-refractivity contribution >= 4 is 17.5 Å². The van der Waals surface area contributed by atoms with E-state index in [1.54, 1.807) is 0 Å². The molecular weight excluding hydrogens is 276 g/mol. The maximum atomic E-state index is 12.2. The normalized spacial score (nSPS) is 16.9. The summed E-state index contributed by atoms with van der Waals surface area (Å²) < 4.78 is 5.28. The third-order valence-corrected chi connectivity index (χ3v) is 3.70. The monoisotopic (exact) mass is 296 g/mol. The molecule has 0 spiro atoms. The minimum Gasteiger partial charge on any atom is -0.379 e. The van der Waals surface area contributed by atoms with Gasteiger partial charge in [-0.05, 0) is 31.5 Å². The maximum Gasteiger partial charge on any atom is 0.234 e. The van der Waals surface area contributed by atoms with E-state index < -0.39 is 5.54 Å². The van der Waals surface area contributed by atoms with E-state index in [-0.39, 0.29) is 5.91 Å². The van der Waals surface area contributed by atoms with Gasteiger partial charge in [-0.1, -0.05) is 23.7 Å². The van der Waals surface area contributed by atoms with Crippen molar-refractivity contribution in [3.63, 3.8) is 0 Å². The van der Waals surface area contributed by atoms with Crippen LogP contribution in [0, 0.1) is 0 Å². The second kappa shape index (κ2) is 6.57. The lowest BCUT2D eigenvalue weighted by atomic mass is 9.94. The number of ether oxygens (including phenoxy) is 1. The van der Waals surface area contributed by atoms with E-state index in [0.29, 0.717) is 24.8 Å². The summed E-state index contributed by atoms with van der Waals surface area (Å²) in [5.41, 5.74) is 0.564. The molecule has 0 radical (unpaired) electrons. The molecule has 0 unspecified atom stereocenters. The van der Waals surface area contributed by atoms with Crippen LogP contribution in [0.25, 0.3) is 0 Å². The van der Waals surface area contributed by atoms with Crippen molar-refractivity contribution in [2.24, 2.45) is 0 Å². The van der Waals surface area contributed by atoms with Crippen molar-refractivity contribution in [2.45, 2.75) is 19.4 Å². The van der Waals surface area contributed by atoms with Gasteiger partial charge >= 0.3 is 0 Å². The van der Waals surface area contributed by atoms with Crippen molar-refractivity contribution in [1.29, 1.82) is 0 Å². The average Bonchev–Trinajstić information content (AvgIpc) is 2.39. The number of carbonyl (C=O) groups is 1. The van der Waals surface area contributed by atoms with Crippen LogP contribution >= 0.6 is 11.6 Å². The van der Waals surface area contributed by atoms with Gasteiger partial charge in [-0.2, -0.15) is 0 Å². The highest BCUT2D eigenvalue weighted by atomic mass is 35.5. The summed E-state index contributed by atoms with van der Waals surface area (Å²) in [7, 11) is 0. The molecule has 0 saturated carbocycles. The van der Waals surface area contributed by atoms with Crippen LogP contribution in [0.5, 0.6) is 0 Å². The zero-order valence-corrected chi connectivity index (χ0v) is 12.7. The second-order valence-electron chi connectivity index (χ2n) is 5.57. The minimum absolute atomic E-state index is 0.0249. The standard InChI is InChI=1S/C15H21ClN2O2/c1-15(2,12-4-3-5-13(16)10-12)17-14(19)11-18-6-8-20-9-7-18/h3-5,10H,6-9,11H2,1-2H3,(H,17,19). The minimum atomic E-state index is -0.436. The van der Waals surface area contributed by atoms with Crippen LogP contribution in [-0.2, 0) is 15.1 Å². The van der Waals surface area contributed by atoms with E-state index in [2.05, 4.69) is 10.2 Å². The van der Waals surface area contributed by atoms with Gasteiger partial charge < -0.3 is 10.1 Å². The number of morpholine rings is 1. The fourth-order valence-corrected chi connectivity index (χ4v) is 2.49. The Morgan fingerprint density at radius 2 is 2.10 bits per heavy atom. The number of carbonyl (C=O) groups excluding carboxylic acids is 1. The van der Waals surface area contributed by atoms with Crippen molar-refractivity contribution in [3.05, 3.63) is 34.9 Å². The zero-order valence-electron chi connectivity index (χ0n) is 12.0. The number of halogens is 1. The fourth-order valence-electron chi connectivity index (χ4n) is 2.30. The smallest absolute Gasteiger partial charge is 0.234 e. The Labute approximate surface area is 125 Å². The van der Waals surface area contributed by atoms with Crippen LogP contribution in [0.2, 0.25) is 5.02 Å². The molecule has 1 aromatic rings. The summed E-state index contributed by atoms with van der Waals surface area (Å²) in [5, 5.41) is 3.75. The number of amides is 1. The van der Waals surface area contributed by atoms with E-state index in [0.717, 1.165) is 18.7 Å². The molecule has 5 heteroatoms. The van der Waals surface area contributed by atoms with Gasteiger partial charge in [-0.25, -0.2) is 0 Å². The van der Waals surface area contributed by atoms with Gasteiger partial charge in [0.2, 0.25) is 5.91 Å². The Morgan fingerprint density at radius 3 is 2.75 bits per heavy atom. The summed E-state index contributed by atoms with van der Waals surface area (Å²) in [5.74, 6) is 0.0249. The first-order valence-electron chi connectivity index (χ1n) is 6.84. The molecule has 0 aromatic heterocycles. The number of nitrogens with zero attached hydrogens (tertiary/aromatic N) is 1. The van der Waals surface area contributed by atoms with E-state index in [1.807, 2.05) is 38.1 Å². The molecule has 1 fully saturated rings. The molecule has 1 heterocycles. The van der Waals surface area contributed by atoms with Gasteiger partial charge in [-0.3, -0.25) is 9.69 Å². The van der Waals surface area contributed by atoms with Crippen molar-refractivity contribution in [3.8, 4) is 0 Å². The molecule has 4 nitrogen and oxygen atoms in total. The van der Waals surface area contributed by atoms with Crippen molar-refractivity contribution in [2.75, 3.05) is 32.8 Å². The number of benzene rings is 1. The van der Waals surface area contributed by atoms with E-state index in [1.165, 1.54) is 0 Å². The van der Waals surface area contributed by atoms with Gasteiger partial charge in [0.15, 0.2) is 0 Å². The highest BCUT2D eigenvalue weighted by molar-refractivity contribution is 6.30. The molecule has 20 heavy (non-hydrogen) atoms. The fraction of sp³-hybridized carbons (Fsp3) is 0.533. The molecule has 1 aliphatic rings. The summed E-state index contributed by atoms with van der Waals surface area (Å²) >= 11 is 6.01. The first kappa shape index (κ1) is 15.3. The molecule has 0 aliphatic carbocycles. The first-order chi connectivity index (χ1) is 9.47. The predicted octanol–water partition coefficient (Wildman–Crippen LogP) is 2.02. The van der Waals surface area contributed by atoms with E-state index >= 15 is 0 Å². The molecule has 1 N–H and O–H groups in total. The predicted molar refractivity (Wildman–Crippen MR) is 79.9 cm³/mol. The van der Waals surface area contributed by atoms with Gasteiger partial charge in [0, 0.05) is 18.1 Å². The van der Waals surface area contributed by atoms with Crippen molar-refractivity contribution < 1.29 is 9.53 Å². The maximum absolute atomic E-state index is 12.2. The number of hydrogen-bond donors (Lipinski definition) is 1. The van der Waals surface area contributed by atoms with Crippen LogP contribution in [0.15, 0.2) is 24.3 Å². The van der Waals surface area contributed by atoms with Crippen LogP contribution in [-0.4, -0.2) is 43.7 Å². The molecule has 1 saturated heterocycles. The van der Waals surface area contributed by atoms with Crippen LogP contribution in [0.4, 0.5) is 0 Å². The Kier molecular flexibility index (Phi) is 5.02. The molecule has 2 rings (SSSR count). The average molecular weight is 297 g/mol. The molecule has 1 aromatic carbocycles. The lowest BCUT2D eigenvalue weighted by Crippen LogP contribution is -2.48. The summed E-state index contributed by atoms with van der Waals surface area (Å²) in [6, 6.07) is 7.59. The molecule has 0 atom stereocenters. The quantitative estimate of drug-likeness (QED) is 0.924. The van der Waals surface area contributed by atoms with E-state index in [4.69, 9.17) is 16.3 Å². The largest absolute Gasteiger partial charge is 0.379 e. The lowest BCUT2D eigenvalue weighted by Gasteiger charge is -2.30. The SMILES string of the molecule is CC(C)(NC(=O)CN1CCOCC1)c1cccc(Cl)c1. The third-order valence-electron chi connectivity index (χ3n) is 3.47. The summed E-state index contributed by atoms with van der Waals surface area (Å²) in [6.07, 6.45) is 0. The third kappa shape index (κ3) is 4.20. The Hall–Kier alpha value is -1.10. The van der Waals surface area contributed by atoms with Crippen molar-refractivity contribution in [1.82, 2.24) is 10.2 Å². The summed E-state index contributed by atoms with van der Waals surface area (Å²) in [6.45, 7) is 7.39. The Bertz CT molecular complexity index is 471. The first-order valence-corrected chi connectivity index (χ1v) is 7.22. The van der Waals surface area contributed by atoms with Crippen LogP contribution < -0.4 is 5.32 Å². The molecule has 1 aliphatic heterocycles. The Morgan fingerprint density at radius 1 is 1.40 bits per heavy atom. The Balaban J connectivity index is 1.94. The lowest BCUT2D eigenvalue weighted by molar-refractivity contribution is -0.124. The van der Waals surface area contributed by atoms with E-state index in [9.17, 15) is 4.79 Å². The number of rotatable bonds is 4.